The molecular weight excluding hydrogens is 284 g/mol. The summed E-state index contributed by atoms with van der Waals surface area (Å²) in [5, 5.41) is 15.5. The molecule has 6 nitrogen and oxygen atoms in total. The molecule has 1 aliphatic carbocycles. The Morgan fingerprint density at radius 3 is 2.64 bits per heavy atom. The Kier molecular flexibility index (Phi) is 2.85. The van der Waals surface area contributed by atoms with Crippen LogP contribution in [0, 0.1) is 0 Å². The maximum absolute atomic E-state index is 10.9. The SMILES string of the molecule is O=C(O)c1cc(-c2ccc3c(c2)OC2(CCCCC2)O3)n[nH]1. The lowest BCUT2D eigenvalue weighted by molar-refractivity contribution is -0.105. The first-order chi connectivity index (χ1) is 10.7. The molecule has 1 aromatic heterocycles. The predicted molar refractivity (Wildman–Crippen MR) is 78.1 cm³/mol. The van der Waals surface area contributed by atoms with Crippen LogP contribution in [-0.2, 0) is 0 Å². The van der Waals surface area contributed by atoms with Crippen molar-refractivity contribution in [1.82, 2.24) is 10.2 Å². The molecule has 0 bridgehead atoms. The Morgan fingerprint density at radius 1 is 1.14 bits per heavy atom. The van der Waals surface area contributed by atoms with Crippen molar-refractivity contribution in [3.63, 3.8) is 0 Å². The van der Waals surface area contributed by atoms with Crippen LogP contribution in [-0.4, -0.2) is 27.1 Å². The number of ether oxygens (including phenoxy) is 2. The molecule has 6 heteroatoms. The number of carbonyl (C=O) groups is 1. The van der Waals surface area contributed by atoms with Crippen LogP contribution in [0.1, 0.15) is 42.6 Å². The number of fused-ring (bicyclic) bond motifs is 1. The van der Waals surface area contributed by atoms with Crippen molar-refractivity contribution in [2.45, 2.75) is 37.9 Å². The molecule has 0 atom stereocenters. The van der Waals surface area contributed by atoms with Crippen LogP contribution >= 0.6 is 0 Å². The summed E-state index contributed by atoms with van der Waals surface area (Å²) in [6, 6.07) is 7.10. The third-order valence-electron chi connectivity index (χ3n) is 4.26. The number of benzene rings is 1. The molecule has 2 aromatic rings. The van der Waals surface area contributed by atoms with E-state index in [0.717, 1.165) is 37.0 Å². The van der Waals surface area contributed by atoms with Crippen LogP contribution in [0.4, 0.5) is 0 Å². The number of rotatable bonds is 2. The van der Waals surface area contributed by atoms with Gasteiger partial charge in [0.2, 0.25) is 0 Å². The van der Waals surface area contributed by atoms with Crippen molar-refractivity contribution in [3.05, 3.63) is 30.0 Å². The number of H-pyrrole nitrogens is 1. The first kappa shape index (κ1) is 13.2. The van der Waals surface area contributed by atoms with Gasteiger partial charge < -0.3 is 14.6 Å². The summed E-state index contributed by atoms with van der Waals surface area (Å²) >= 11 is 0. The third-order valence-corrected chi connectivity index (χ3v) is 4.26. The summed E-state index contributed by atoms with van der Waals surface area (Å²) in [4.78, 5) is 10.9. The monoisotopic (exact) mass is 300 g/mol. The second-order valence-electron chi connectivity index (χ2n) is 5.81. The number of nitrogens with zero attached hydrogens (tertiary/aromatic N) is 1. The number of aromatic carboxylic acids is 1. The van der Waals surface area contributed by atoms with Crippen molar-refractivity contribution >= 4 is 5.97 Å². The molecule has 1 saturated carbocycles. The Hall–Kier alpha value is -2.50. The van der Waals surface area contributed by atoms with Crippen LogP contribution < -0.4 is 9.47 Å². The lowest BCUT2D eigenvalue weighted by atomic mass is 9.94. The van der Waals surface area contributed by atoms with Gasteiger partial charge in [0.25, 0.3) is 5.79 Å². The summed E-state index contributed by atoms with van der Waals surface area (Å²) in [5.74, 6) is -0.0728. The van der Waals surface area contributed by atoms with E-state index in [9.17, 15) is 4.79 Å². The fourth-order valence-electron chi connectivity index (χ4n) is 3.13. The zero-order valence-electron chi connectivity index (χ0n) is 12.0. The van der Waals surface area contributed by atoms with Gasteiger partial charge in [-0.25, -0.2) is 4.79 Å². The topological polar surface area (TPSA) is 84.4 Å². The van der Waals surface area contributed by atoms with Gasteiger partial charge in [-0.3, -0.25) is 5.10 Å². The number of carboxylic acids is 1. The Bertz CT molecular complexity index is 731. The van der Waals surface area contributed by atoms with E-state index in [0.29, 0.717) is 11.4 Å². The second kappa shape index (κ2) is 4.76. The number of hydrogen-bond donors (Lipinski definition) is 2. The Morgan fingerprint density at radius 2 is 1.91 bits per heavy atom. The molecule has 2 aliphatic rings. The van der Waals surface area contributed by atoms with E-state index in [1.54, 1.807) is 0 Å². The van der Waals surface area contributed by atoms with Gasteiger partial charge in [0.05, 0.1) is 5.69 Å². The zero-order chi connectivity index (χ0) is 15.2. The molecule has 2 N–H and O–H groups in total. The standard InChI is InChI=1S/C16H16N2O4/c19-15(20)12-9-11(17-18-12)10-4-5-13-14(8-10)22-16(21-13)6-2-1-3-7-16/h4-5,8-9H,1-3,6-7H2,(H,17,18)(H,19,20). The quantitative estimate of drug-likeness (QED) is 0.889. The van der Waals surface area contributed by atoms with Crippen molar-refractivity contribution < 1.29 is 19.4 Å². The predicted octanol–water partition coefficient (Wildman–Crippen LogP) is 3.21. The molecule has 0 radical (unpaired) electrons. The lowest BCUT2D eigenvalue weighted by Crippen LogP contribution is -2.40. The second-order valence-corrected chi connectivity index (χ2v) is 5.81. The molecule has 1 fully saturated rings. The van der Waals surface area contributed by atoms with E-state index in [1.807, 2.05) is 18.2 Å². The zero-order valence-corrected chi connectivity index (χ0v) is 12.0. The van der Waals surface area contributed by atoms with Crippen LogP contribution in [0.15, 0.2) is 24.3 Å². The fraction of sp³-hybridized carbons (Fsp3) is 0.375. The highest BCUT2D eigenvalue weighted by Crippen LogP contribution is 2.46. The summed E-state index contributed by atoms with van der Waals surface area (Å²) in [6.07, 6.45) is 5.26. The number of hydrogen-bond acceptors (Lipinski definition) is 4. The van der Waals surface area contributed by atoms with Crippen molar-refractivity contribution in [1.29, 1.82) is 0 Å². The van der Waals surface area contributed by atoms with Gasteiger partial charge in [-0.15, -0.1) is 0 Å². The van der Waals surface area contributed by atoms with Crippen molar-refractivity contribution in [2.24, 2.45) is 0 Å². The maximum Gasteiger partial charge on any atom is 0.353 e. The molecule has 1 aromatic carbocycles. The number of carboxylic acid groups (broad SMARTS) is 1. The molecule has 1 aliphatic heterocycles. The molecule has 0 unspecified atom stereocenters. The van der Waals surface area contributed by atoms with Crippen LogP contribution in [0.2, 0.25) is 0 Å². The molecule has 114 valence electrons. The van der Waals surface area contributed by atoms with Gasteiger partial charge in [0.15, 0.2) is 11.5 Å². The van der Waals surface area contributed by atoms with E-state index >= 15 is 0 Å². The van der Waals surface area contributed by atoms with Crippen molar-refractivity contribution in [2.75, 3.05) is 0 Å². The molecule has 4 rings (SSSR count). The minimum atomic E-state index is -1.03. The molecule has 2 heterocycles. The summed E-state index contributed by atoms with van der Waals surface area (Å²) in [7, 11) is 0. The Labute approximate surface area is 127 Å². The highest BCUT2D eigenvalue weighted by atomic mass is 16.7. The maximum atomic E-state index is 10.9. The third kappa shape index (κ3) is 2.11. The van der Waals surface area contributed by atoms with Gasteiger partial charge in [-0.05, 0) is 37.1 Å². The van der Waals surface area contributed by atoms with Crippen LogP contribution in [0.25, 0.3) is 11.3 Å². The van der Waals surface area contributed by atoms with Crippen LogP contribution in [0.5, 0.6) is 11.5 Å². The van der Waals surface area contributed by atoms with Gasteiger partial charge in [-0.1, -0.05) is 6.42 Å². The number of aromatic amines is 1. The summed E-state index contributed by atoms with van der Waals surface area (Å²) in [6.45, 7) is 0. The van der Waals surface area contributed by atoms with Gasteiger partial charge in [0.1, 0.15) is 5.69 Å². The van der Waals surface area contributed by atoms with E-state index in [-0.39, 0.29) is 5.69 Å². The van der Waals surface area contributed by atoms with Gasteiger partial charge in [0, 0.05) is 18.4 Å². The van der Waals surface area contributed by atoms with E-state index in [2.05, 4.69) is 10.2 Å². The minimum absolute atomic E-state index is 0.0661. The average molecular weight is 300 g/mol. The van der Waals surface area contributed by atoms with E-state index in [4.69, 9.17) is 14.6 Å². The summed E-state index contributed by atoms with van der Waals surface area (Å²) < 4.78 is 12.1. The minimum Gasteiger partial charge on any atom is -0.477 e. The van der Waals surface area contributed by atoms with Crippen molar-refractivity contribution in [3.8, 4) is 22.8 Å². The van der Waals surface area contributed by atoms with Gasteiger partial charge >= 0.3 is 5.97 Å². The highest BCUT2D eigenvalue weighted by Gasteiger charge is 2.42. The molecule has 1 spiro atoms. The number of nitrogens with one attached hydrogen (secondary N) is 1. The number of aromatic nitrogens is 2. The van der Waals surface area contributed by atoms with Gasteiger partial charge in [-0.2, -0.15) is 5.10 Å². The molecule has 0 amide bonds. The smallest absolute Gasteiger partial charge is 0.353 e. The fourth-order valence-corrected chi connectivity index (χ4v) is 3.13. The van der Waals surface area contributed by atoms with Crippen LogP contribution in [0.3, 0.4) is 0 Å². The summed E-state index contributed by atoms with van der Waals surface area (Å²) in [5.41, 5.74) is 1.45. The first-order valence-electron chi connectivity index (χ1n) is 7.46. The molecule has 0 saturated heterocycles. The lowest BCUT2D eigenvalue weighted by Gasteiger charge is -2.31. The first-order valence-corrected chi connectivity index (χ1v) is 7.46. The van der Waals surface area contributed by atoms with E-state index < -0.39 is 11.8 Å². The van der Waals surface area contributed by atoms with E-state index in [1.165, 1.54) is 12.5 Å². The highest BCUT2D eigenvalue weighted by molar-refractivity contribution is 5.86. The largest absolute Gasteiger partial charge is 0.477 e. The average Bonchev–Trinajstić information content (AvgIpc) is 3.11. The normalized spacial score (nSPS) is 18.5. The molecule has 22 heavy (non-hydrogen) atoms. The molecular formula is C16H16N2O4. The Balaban J connectivity index is 1.63.